The lowest BCUT2D eigenvalue weighted by molar-refractivity contribution is -0.140. The Labute approximate surface area is 775 Å². The van der Waals surface area contributed by atoms with Crippen LogP contribution in [0.3, 0.4) is 0 Å². The molecule has 12 atom stereocenters. The first kappa shape index (κ1) is 101. The van der Waals surface area contributed by atoms with E-state index in [0.29, 0.717) is 36.7 Å². The second kappa shape index (κ2) is 42.8. The summed E-state index contributed by atoms with van der Waals surface area (Å²) in [4.78, 5) is 154. The quantitative estimate of drug-likeness (QED) is 0.0253. The zero-order valence-electron chi connectivity index (χ0n) is 74.8. The number of nitrogens with one attached hydrogen (secondary N) is 8. The molecule has 5 saturated heterocycles. The fraction of sp³-hybridized carbons (Fsp3) is 0.584. The van der Waals surface area contributed by atoms with Crippen molar-refractivity contribution in [3.05, 3.63) is 117 Å². The summed E-state index contributed by atoms with van der Waals surface area (Å²) in [6.45, 7) is 31.2. The van der Waals surface area contributed by atoms with E-state index in [2.05, 4.69) is 103 Å². The minimum absolute atomic E-state index is 0. The summed E-state index contributed by atoms with van der Waals surface area (Å²) in [5.41, 5.74) is 6.16. The maximum absolute atomic E-state index is 13.6. The number of carboxylic acids is 1. The molecule has 33 nitrogen and oxygen atoms in total. The van der Waals surface area contributed by atoms with Crippen molar-refractivity contribution in [2.75, 3.05) is 54.6 Å². The summed E-state index contributed by atoms with van der Waals surface area (Å²) in [5, 5.41) is 20.4. The number of carbonyl (C=O) groups excluding carboxylic acids is 8. The topological polar surface area (TPSA) is 414 Å². The fourth-order valence-electron chi connectivity index (χ4n) is 16.4. The standard InChI is InChI=1S/C38H48N8O6S2.C24H35BN4O5.C18H22BrN3O2S2.C7H13NO4.2CH4/c1-19(2)31(43-37(49)51-5)35(47)45-13-7-9-25(45)33-39-18-24(42-33)28-17-30-29(54-28)16-27(53-30)21-11-12-22-23(15-21)41-34(40-22)26-10-8-14-46(26)36(48)32(20(3)4)44-38(50)52-6;1-14(2)19(28-22(31)32-7)21(30)29-12-8-9-18(29)20-26-16-11-10-15(13-17(16)27-20)25-33-23(3,4)24(5,6)34-25;1-18(2,3)24-17(23)22-6-4-5-11(22)16-20-9-10(21-16)12-7-13-14(25-12)8-15(19)26-13;1-4(2)5(6(9)10)8-7(11)12-3;;/h11-12,15-20,25-26,29-32H,7-10,13-14H2,1-6H3,(H,39,42)(H,40,41)(H,43,49)(H,44,50);10-11,13-14,18-19H,8-9,12H2,1-7H3,(H,26,27)(H,28,31);7-9,11,13-14H,4-6H2,1-3H3,(H,20,21);4-5H,1-3H3,(H,8,11)(H,9,10);2*1H4/t25-,26-,29?,30?,31-,32-;18-,19-;11-,13?,14?;5-;;/m0000../s1. The Morgan fingerprint density at radius 2 is 0.844 bits per heavy atom. The maximum Gasteiger partial charge on any atom is 0.494 e. The lowest BCUT2D eigenvalue weighted by atomic mass is 9.79. The number of imidazole rings is 4. The summed E-state index contributed by atoms with van der Waals surface area (Å²) in [7, 11) is 4.62. The number of benzene rings is 2. The average molecular weight is 1910 g/mol. The predicted molar refractivity (Wildman–Crippen MR) is 505 cm³/mol. The molecule has 0 spiro atoms. The van der Waals surface area contributed by atoms with Crippen LogP contribution in [0.1, 0.15) is 234 Å². The Balaban J connectivity index is 0.000000197. The van der Waals surface area contributed by atoms with Crippen molar-refractivity contribution in [3.63, 3.8) is 0 Å². The predicted octanol–water partition coefficient (Wildman–Crippen LogP) is 15.9. The molecule has 6 aromatic rings. The zero-order valence-corrected chi connectivity index (χ0v) is 79.6. The smallest absolute Gasteiger partial charge is 0.480 e. The molecule has 4 aromatic heterocycles. The van der Waals surface area contributed by atoms with Crippen LogP contribution in [0.2, 0.25) is 0 Å². The van der Waals surface area contributed by atoms with Gasteiger partial charge in [0.25, 0.3) is 0 Å². The van der Waals surface area contributed by atoms with Crippen LogP contribution in [0.15, 0.2) is 76.9 Å². The number of rotatable bonds is 20. The number of halogens is 1. The van der Waals surface area contributed by atoms with Crippen LogP contribution in [-0.2, 0) is 52.2 Å². The molecule has 9 N–H and O–H groups in total. The third-order valence-electron chi connectivity index (χ3n) is 23.8. The number of hydrogen-bond acceptors (Lipinski definition) is 24. The molecule has 5 fully saturated rings. The number of methoxy groups -OCH3 is 4. The summed E-state index contributed by atoms with van der Waals surface area (Å²) in [5.74, 6) is 1.23. The summed E-state index contributed by atoms with van der Waals surface area (Å²) < 4.78 is 37.7. The lowest BCUT2D eigenvalue weighted by Crippen LogP contribution is -2.51. The number of alkyl carbamates (subject to hydrolysis) is 4. The maximum atomic E-state index is 13.6. The van der Waals surface area contributed by atoms with E-state index in [0.717, 1.165) is 124 Å². The summed E-state index contributed by atoms with van der Waals surface area (Å²) in [6.07, 6.45) is 17.0. The molecule has 13 heterocycles. The van der Waals surface area contributed by atoms with Gasteiger partial charge in [0.2, 0.25) is 17.7 Å². The first-order chi connectivity index (χ1) is 59.7. The first-order valence-corrected chi connectivity index (χ1v) is 47.2. The number of fused-ring (bicyclic) bond motifs is 4. The molecule has 9 aliphatic heterocycles. The average Bonchev–Trinajstić information content (AvgIpc) is 1.62. The van der Waals surface area contributed by atoms with Gasteiger partial charge >= 0.3 is 43.6 Å². The third kappa shape index (κ3) is 23.4. The fourth-order valence-corrected chi connectivity index (χ4v) is 22.9. The van der Waals surface area contributed by atoms with E-state index < -0.39 is 78.4 Å². The van der Waals surface area contributed by atoms with Crippen molar-refractivity contribution in [2.45, 2.75) is 256 Å². The van der Waals surface area contributed by atoms with Crippen LogP contribution in [0, 0.1) is 23.7 Å². The summed E-state index contributed by atoms with van der Waals surface area (Å²) >= 11 is 10.9. The Morgan fingerprint density at radius 3 is 1.23 bits per heavy atom. The van der Waals surface area contributed by atoms with Gasteiger partial charge in [-0.15, -0.1) is 47.0 Å². The second-order valence-corrected chi connectivity index (χ2v) is 42.0. The monoisotopic (exact) mass is 1910 g/mol. The van der Waals surface area contributed by atoms with Crippen LogP contribution in [0.4, 0.5) is 24.0 Å². The molecule has 15 rings (SSSR count). The number of thioether (sulfide) groups is 4. The second-order valence-electron chi connectivity index (χ2n) is 35.8. The van der Waals surface area contributed by atoms with Crippen molar-refractivity contribution >= 4 is 166 Å². The minimum Gasteiger partial charge on any atom is -0.480 e. The molecule has 4 unspecified atom stereocenters. The van der Waals surface area contributed by atoms with E-state index in [1.54, 1.807) is 18.7 Å². The van der Waals surface area contributed by atoms with Gasteiger partial charge in [-0.3, -0.25) is 19.3 Å². The highest BCUT2D eigenvalue weighted by atomic mass is 79.9. The van der Waals surface area contributed by atoms with Crippen molar-refractivity contribution < 1.29 is 81.3 Å². The molecular formula is C89H126BBrN16O17S4. The van der Waals surface area contributed by atoms with Gasteiger partial charge in [0.05, 0.1) is 110 Å². The van der Waals surface area contributed by atoms with Gasteiger partial charge in [-0.05, 0) is 181 Å². The van der Waals surface area contributed by atoms with Crippen LogP contribution in [0.5, 0.6) is 0 Å². The van der Waals surface area contributed by atoms with Gasteiger partial charge in [0.15, 0.2) is 0 Å². The third-order valence-corrected chi connectivity index (χ3v) is 30.0. The molecule has 0 aliphatic carbocycles. The summed E-state index contributed by atoms with van der Waals surface area (Å²) in [6, 6.07) is 8.69. The van der Waals surface area contributed by atoms with Crippen LogP contribution >= 0.6 is 63.0 Å². The molecular weight excluding hydrogens is 1780 g/mol. The number of aromatic amines is 4. The Hall–Kier alpha value is -9.15. The number of likely N-dealkylation sites (tertiary alicyclic amines) is 4. The Bertz CT molecular complexity index is 5120. The van der Waals surface area contributed by atoms with E-state index in [-0.39, 0.29) is 97.0 Å². The molecule has 0 bridgehead atoms. The molecule has 128 heavy (non-hydrogen) atoms. The number of ether oxygens (including phenoxy) is 5. The van der Waals surface area contributed by atoms with Crippen LogP contribution < -0.4 is 26.7 Å². The number of nitrogens with zero attached hydrogens (tertiary/aromatic N) is 8. The number of carboxylic acid groups (broad SMARTS) is 1. The zero-order chi connectivity index (χ0) is 91.3. The highest BCUT2D eigenvalue weighted by Crippen LogP contribution is 2.55. The molecule has 0 saturated carbocycles. The Morgan fingerprint density at radius 1 is 0.492 bits per heavy atom. The van der Waals surface area contributed by atoms with Gasteiger partial charge in [-0.1, -0.05) is 101 Å². The van der Waals surface area contributed by atoms with E-state index >= 15 is 0 Å². The molecule has 39 heteroatoms. The van der Waals surface area contributed by atoms with Gasteiger partial charge < -0.3 is 94.0 Å². The largest absolute Gasteiger partial charge is 0.494 e. The molecule has 8 amide bonds. The van der Waals surface area contributed by atoms with Crippen molar-refractivity contribution in [1.82, 2.24) is 80.7 Å². The normalized spacial score (nSPS) is 22.7. The number of aromatic nitrogens is 8. The number of aliphatic carboxylic acids is 1. The number of H-pyrrole nitrogens is 4. The highest BCUT2D eigenvalue weighted by molar-refractivity contribution is 9.14. The first-order valence-electron chi connectivity index (χ1n) is 42.8. The van der Waals surface area contributed by atoms with Crippen LogP contribution in [-0.4, -0.2) is 242 Å². The van der Waals surface area contributed by atoms with E-state index in [4.69, 9.17) is 48.3 Å². The van der Waals surface area contributed by atoms with Gasteiger partial charge in [-0.25, -0.2) is 48.7 Å². The minimum atomic E-state index is -1.06. The van der Waals surface area contributed by atoms with E-state index in [1.165, 1.54) is 42.1 Å². The lowest BCUT2D eigenvalue weighted by Gasteiger charge is -2.32. The number of hydrogen-bond donors (Lipinski definition) is 9. The van der Waals surface area contributed by atoms with E-state index in [1.807, 2.05) is 188 Å². The van der Waals surface area contributed by atoms with Crippen molar-refractivity contribution in [2.24, 2.45) is 23.7 Å². The highest BCUT2D eigenvalue weighted by Gasteiger charge is 2.52. The molecule has 2 aromatic carbocycles. The SMILES string of the molecule is C.C.CC(C)(C)OC(=O)N1CCC[C@H]1c1ncc(C2=CC3SC(Br)=CC3S2)[nH]1.COC(=O)N[C@H](C(=O)N1CCC[C@H]1c1nc2ccc(B3OC(C)(C)C(C)(C)O3)cc2[nH]1)C(C)C.COC(=O)N[C@H](C(=O)N1CCC[C@H]1c1ncc(C2=CC3SC(c4ccc5nc([C@@H]6CCCN6C(=O)[C@@H](NC(=O)OC)C(C)C)[nH]c5c4)=CC3S2)[nH]1)C(C)C.COC(=O)N[C@H](C(=O)O)C(C)C. The van der Waals surface area contributed by atoms with Crippen molar-refractivity contribution in [1.29, 1.82) is 0 Å². The molecule has 9 aliphatic rings. The van der Waals surface area contributed by atoms with Gasteiger partial charge in [-0.2, -0.15) is 0 Å². The number of amides is 8. The Kier molecular flexibility index (Phi) is 33.8. The van der Waals surface area contributed by atoms with Gasteiger partial charge in [0, 0.05) is 65.7 Å². The van der Waals surface area contributed by atoms with Crippen molar-refractivity contribution in [3.8, 4) is 0 Å². The number of carbonyl (C=O) groups is 9. The van der Waals surface area contributed by atoms with E-state index in [9.17, 15) is 43.2 Å². The molecule has 0 radical (unpaired) electrons. The van der Waals surface area contributed by atoms with Gasteiger partial charge in [0.1, 0.15) is 53.1 Å². The molecule has 698 valence electrons. The van der Waals surface area contributed by atoms with Crippen LogP contribution in [0.25, 0.3) is 36.8 Å².